The van der Waals surface area contributed by atoms with Gasteiger partial charge in [-0.25, -0.2) is 4.68 Å². The first-order valence-electron chi connectivity index (χ1n) is 7.42. The van der Waals surface area contributed by atoms with Crippen LogP contribution in [0.2, 0.25) is 0 Å². The monoisotopic (exact) mass is 321 g/mol. The maximum atomic E-state index is 10.7. The minimum atomic E-state index is -0.505. The Balaban J connectivity index is 2.46. The Bertz CT molecular complexity index is 577. The van der Waals surface area contributed by atoms with E-state index in [0.717, 1.165) is 25.1 Å². The lowest BCUT2D eigenvalue weighted by atomic mass is 10.2. The van der Waals surface area contributed by atoms with Crippen molar-refractivity contribution in [3.8, 4) is 0 Å². The van der Waals surface area contributed by atoms with Crippen LogP contribution in [-0.4, -0.2) is 40.1 Å². The first kappa shape index (κ1) is 18.6. The number of aromatic nitrogens is 3. The molecule has 1 aromatic rings. The molecule has 0 aliphatic heterocycles. The maximum Gasteiger partial charge on any atom is 0.272 e. The Morgan fingerprint density at radius 1 is 1.61 bits per heavy atom. The molecule has 0 aliphatic carbocycles. The Labute approximate surface area is 135 Å². The van der Waals surface area contributed by atoms with E-state index < -0.39 is 4.92 Å². The standard InChI is InChI=1S/C15H23N5O3/c1-4-14(20(21)22)11-15(5-2)23-10-9-19-12-13(17-18-19)7-6-8-16-3/h4-5,11-12,16H,1,6-10H2,2-3H3/b14-11+,15-5+. The summed E-state index contributed by atoms with van der Waals surface area (Å²) in [5.41, 5.74) is 0.833. The zero-order valence-electron chi connectivity index (χ0n) is 13.6. The first-order valence-corrected chi connectivity index (χ1v) is 7.42. The fourth-order valence-electron chi connectivity index (χ4n) is 1.81. The lowest BCUT2D eigenvalue weighted by Crippen LogP contribution is -2.08. The minimum Gasteiger partial charge on any atom is -0.492 e. The van der Waals surface area contributed by atoms with Gasteiger partial charge in [0, 0.05) is 12.3 Å². The predicted molar refractivity (Wildman–Crippen MR) is 87.3 cm³/mol. The molecule has 1 N–H and O–H groups in total. The molecule has 1 aromatic heterocycles. The van der Waals surface area contributed by atoms with Gasteiger partial charge in [0.15, 0.2) is 0 Å². The Morgan fingerprint density at radius 2 is 2.39 bits per heavy atom. The number of ether oxygens (including phenoxy) is 1. The van der Waals surface area contributed by atoms with Gasteiger partial charge >= 0.3 is 0 Å². The summed E-state index contributed by atoms with van der Waals surface area (Å²) >= 11 is 0. The third kappa shape index (κ3) is 6.88. The fourth-order valence-corrected chi connectivity index (χ4v) is 1.81. The summed E-state index contributed by atoms with van der Waals surface area (Å²) in [7, 11) is 1.91. The molecule has 8 nitrogen and oxygen atoms in total. The third-order valence-corrected chi connectivity index (χ3v) is 3.03. The van der Waals surface area contributed by atoms with E-state index in [1.807, 2.05) is 13.2 Å². The van der Waals surface area contributed by atoms with Crippen LogP contribution < -0.4 is 5.32 Å². The topological polar surface area (TPSA) is 95.1 Å². The van der Waals surface area contributed by atoms with Crippen LogP contribution in [-0.2, 0) is 17.7 Å². The van der Waals surface area contributed by atoms with Crippen molar-refractivity contribution in [2.75, 3.05) is 20.2 Å². The molecule has 1 rings (SSSR count). The van der Waals surface area contributed by atoms with Crippen LogP contribution in [0.1, 0.15) is 19.0 Å². The highest BCUT2D eigenvalue weighted by Crippen LogP contribution is 2.07. The van der Waals surface area contributed by atoms with Crippen LogP contribution in [0.15, 0.2) is 42.5 Å². The molecule has 8 heteroatoms. The lowest BCUT2D eigenvalue weighted by molar-refractivity contribution is -0.419. The average Bonchev–Trinajstić information content (AvgIpc) is 2.98. The second-order valence-corrected chi connectivity index (χ2v) is 4.75. The van der Waals surface area contributed by atoms with Crippen molar-refractivity contribution in [2.24, 2.45) is 0 Å². The molecule has 0 aromatic carbocycles. The van der Waals surface area contributed by atoms with Crippen LogP contribution in [0, 0.1) is 10.1 Å². The molecule has 23 heavy (non-hydrogen) atoms. The largest absolute Gasteiger partial charge is 0.492 e. The van der Waals surface area contributed by atoms with E-state index in [-0.39, 0.29) is 5.70 Å². The molecule has 0 radical (unpaired) electrons. The van der Waals surface area contributed by atoms with E-state index in [4.69, 9.17) is 4.74 Å². The summed E-state index contributed by atoms with van der Waals surface area (Å²) in [6.45, 7) is 6.97. The number of nitro groups is 1. The number of rotatable bonds is 11. The van der Waals surface area contributed by atoms with Gasteiger partial charge in [0.1, 0.15) is 12.4 Å². The Hall–Kier alpha value is -2.48. The Morgan fingerprint density at radius 3 is 3.00 bits per heavy atom. The van der Waals surface area contributed by atoms with Gasteiger partial charge in [0.05, 0.1) is 23.2 Å². The van der Waals surface area contributed by atoms with Gasteiger partial charge in [-0.2, -0.15) is 0 Å². The summed E-state index contributed by atoms with van der Waals surface area (Å²) in [6, 6.07) is 0. The molecule has 0 saturated heterocycles. The molecular weight excluding hydrogens is 298 g/mol. The normalized spacial score (nSPS) is 12.3. The van der Waals surface area contributed by atoms with Gasteiger partial charge in [-0.3, -0.25) is 10.1 Å². The van der Waals surface area contributed by atoms with E-state index in [1.54, 1.807) is 17.7 Å². The summed E-state index contributed by atoms with van der Waals surface area (Å²) < 4.78 is 7.22. The van der Waals surface area contributed by atoms with E-state index >= 15 is 0 Å². The second-order valence-electron chi connectivity index (χ2n) is 4.75. The molecule has 1 heterocycles. The highest BCUT2D eigenvalue weighted by Gasteiger charge is 2.07. The Kier molecular flexibility index (Phi) is 8.30. The van der Waals surface area contributed by atoms with Crippen molar-refractivity contribution in [3.05, 3.63) is 58.3 Å². The maximum absolute atomic E-state index is 10.7. The van der Waals surface area contributed by atoms with Gasteiger partial charge in [0.25, 0.3) is 5.70 Å². The molecule has 0 atom stereocenters. The molecule has 0 aliphatic rings. The van der Waals surface area contributed by atoms with E-state index in [9.17, 15) is 10.1 Å². The number of aryl methyl sites for hydroxylation is 1. The van der Waals surface area contributed by atoms with Crippen LogP contribution in [0.25, 0.3) is 0 Å². The molecule has 0 spiro atoms. The predicted octanol–water partition coefficient (Wildman–Crippen LogP) is 1.70. The van der Waals surface area contributed by atoms with Gasteiger partial charge in [0.2, 0.25) is 0 Å². The number of hydrogen-bond donors (Lipinski definition) is 1. The van der Waals surface area contributed by atoms with Crippen molar-refractivity contribution < 1.29 is 9.66 Å². The SMILES string of the molecule is C=C/C(=C\C(=C/C)OCCn1cc(CCCNC)nn1)[N+](=O)[O-]. The van der Waals surface area contributed by atoms with Crippen LogP contribution >= 0.6 is 0 Å². The number of allylic oxidation sites excluding steroid dienone is 3. The molecule has 126 valence electrons. The highest BCUT2D eigenvalue weighted by atomic mass is 16.6. The summed E-state index contributed by atoms with van der Waals surface area (Å²) in [5, 5.41) is 22.0. The highest BCUT2D eigenvalue weighted by molar-refractivity contribution is 5.20. The number of nitrogens with zero attached hydrogens (tertiary/aromatic N) is 4. The van der Waals surface area contributed by atoms with Crippen molar-refractivity contribution >= 4 is 0 Å². The van der Waals surface area contributed by atoms with Crippen LogP contribution in [0.3, 0.4) is 0 Å². The average molecular weight is 321 g/mol. The van der Waals surface area contributed by atoms with Crippen molar-refractivity contribution in [1.29, 1.82) is 0 Å². The molecule has 0 fully saturated rings. The van der Waals surface area contributed by atoms with Crippen LogP contribution in [0.5, 0.6) is 0 Å². The molecule has 0 unspecified atom stereocenters. The van der Waals surface area contributed by atoms with Gasteiger partial charge in [-0.1, -0.05) is 11.8 Å². The zero-order valence-corrected chi connectivity index (χ0v) is 13.6. The van der Waals surface area contributed by atoms with Crippen molar-refractivity contribution in [1.82, 2.24) is 20.3 Å². The first-order chi connectivity index (χ1) is 11.1. The summed E-state index contributed by atoms with van der Waals surface area (Å²) in [4.78, 5) is 10.2. The molecule has 0 amide bonds. The van der Waals surface area contributed by atoms with Crippen LogP contribution in [0.4, 0.5) is 0 Å². The van der Waals surface area contributed by atoms with E-state index in [1.165, 1.54) is 12.2 Å². The van der Waals surface area contributed by atoms with Crippen molar-refractivity contribution in [2.45, 2.75) is 26.3 Å². The minimum absolute atomic E-state index is 0.106. The third-order valence-electron chi connectivity index (χ3n) is 3.03. The van der Waals surface area contributed by atoms with Gasteiger partial charge in [-0.15, -0.1) is 5.10 Å². The molecular formula is C15H23N5O3. The fraction of sp³-hybridized carbons (Fsp3) is 0.467. The number of hydrogen-bond acceptors (Lipinski definition) is 6. The summed E-state index contributed by atoms with van der Waals surface area (Å²) in [5.74, 6) is 0.422. The zero-order chi connectivity index (χ0) is 17.1. The van der Waals surface area contributed by atoms with E-state index in [2.05, 4.69) is 22.2 Å². The second kappa shape index (κ2) is 10.3. The quantitative estimate of drug-likeness (QED) is 0.219. The smallest absolute Gasteiger partial charge is 0.272 e. The molecule has 0 saturated carbocycles. The van der Waals surface area contributed by atoms with E-state index in [0.29, 0.717) is 18.9 Å². The summed E-state index contributed by atoms with van der Waals surface area (Å²) in [6.07, 6.45) is 7.95. The van der Waals surface area contributed by atoms with Crippen molar-refractivity contribution in [3.63, 3.8) is 0 Å². The van der Waals surface area contributed by atoms with Gasteiger partial charge in [-0.05, 0) is 39.4 Å². The lowest BCUT2D eigenvalue weighted by Gasteiger charge is -2.06. The van der Waals surface area contributed by atoms with Gasteiger partial charge < -0.3 is 10.1 Å². The molecule has 0 bridgehead atoms. The number of nitrogens with one attached hydrogen (secondary N) is 1.